The molecule has 0 saturated carbocycles. The molecule has 1 rings (SSSR count). The summed E-state index contributed by atoms with van der Waals surface area (Å²) in [6.45, 7) is 8.41. The number of rotatable bonds is 24. The number of aryl methyl sites for hydroxylation is 1. The lowest BCUT2D eigenvalue weighted by Gasteiger charge is -2.15. The highest BCUT2D eigenvalue weighted by molar-refractivity contribution is 7.85. The molecule has 0 aliphatic rings. The van der Waals surface area contributed by atoms with Crippen LogP contribution in [0.2, 0.25) is 0 Å². The Morgan fingerprint density at radius 1 is 0.725 bits per heavy atom. The first-order valence-electron chi connectivity index (χ1n) is 16.2. The molecule has 1 aromatic carbocycles. The molecule has 0 unspecified atom stereocenters. The minimum absolute atomic E-state index is 0.0172. The highest BCUT2D eigenvalue weighted by atomic mass is 32.2. The Kier molecular flexibility index (Phi) is 20.0. The number of carbonyl (C=O) groups excluding carboxylic acids is 1. The van der Waals surface area contributed by atoms with E-state index in [0.29, 0.717) is 24.9 Å². The maximum atomic E-state index is 12.2. The Bertz CT molecular complexity index is 969. The molecule has 0 aliphatic heterocycles. The molecule has 0 spiro atoms. The van der Waals surface area contributed by atoms with E-state index in [0.717, 1.165) is 36.0 Å². The van der Waals surface area contributed by atoms with E-state index in [1.165, 1.54) is 96.3 Å². The van der Waals surface area contributed by atoms with Gasteiger partial charge in [0.1, 0.15) is 0 Å². The molecule has 1 aromatic rings. The maximum absolute atomic E-state index is 12.2. The molecule has 2 N–H and O–H groups in total. The quantitative estimate of drug-likeness (QED) is 0.0728. The predicted molar refractivity (Wildman–Crippen MR) is 170 cm³/mol. The Morgan fingerprint density at radius 2 is 1.23 bits per heavy atom. The van der Waals surface area contributed by atoms with Crippen molar-refractivity contribution in [2.24, 2.45) is 0 Å². The minimum atomic E-state index is -4.24. The third-order valence-corrected chi connectivity index (χ3v) is 9.15. The number of benzene rings is 1. The van der Waals surface area contributed by atoms with Gasteiger partial charge in [-0.3, -0.25) is 9.35 Å². The van der Waals surface area contributed by atoms with Crippen LogP contribution in [-0.2, 0) is 21.3 Å². The summed E-state index contributed by atoms with van der Waals surface area (Å²) in [5, 5.41) is 2.99. The molecule has 5 nitrogen and oxygen atoms in total. The van der Waals surface area contributed by atoms with Crippen LogP contribution < -0.4 is 5.32 Å². The smallest absolute Gasteiger partial charge is 0.294 e. The number of unbranched alkanes of at least 4 members (excludes halogenated alkanes) is 15. The van der Waals surface area contributed by atoms with Gasteiger partial charge in [0.15, 0.2) is 0 Å². The molecule has 40 heavy (non-hydrogen) atoms. The van der Waals surface area contributed by atoms with Gasteiger partial charge in [-0.15, -0.1) is 0 Å². The lowest BCUT2D eigenvalue weighted by molar-refractivity contribution is -0.121. The lowest BCUT2D eigenvalue weighted by Crippen LogP contribution is -2.24. The number of hydrogen-bond donors (Lipinski definition) is 2. The fourth-order valence-electron chi connectivity index (χ4n) is 5.27. The summed E-state index contributed by atoms with van der Waals surface area (Å²) in [7, 11) is -4.24. The van der Waals surface area contributed by atoms with Crippen molar-refractivity contribution in [1.29, 1.82) is 0 Å². The van der Waals surface area contributed by atoms with Crippen LogP contribution in [-0.4, -0.2) is 25.4 Å². The van der Waals surface area contributed by atoms with E-state index in [-0.39, 0.29) is 10.8 Å². The third kappa shape index (κ3) is 16.6. The summed E-state index contributed by atoms with van der Waals surface area (Å²) in [6, 6.07) is 1.57. The summed E-state index contributed by atoms with van der Waals surface area (Å²) in [4.78, 5) is 12.1. The molecule has 0 saturated heterocycles. The summed E-state index contributed by atoms with van der Waals surface area (Å²) >= 11 is 0. The Labute approximate surface area is 246 Å². The summed E-state index contributed by atoms with van der Waals surface area (Å²) in [6.07, 6.45) is 28.6. The molecule has 1 amide bonds. The van der Waals surface area contributed by atoms with E-state index >= 15 is 0 Å². The Balaban J connectivity index is 1.98. The van der Waals surface area contributed by atoms with Crippen LogP contribution in [0.4, 0.5) is 0 Å². The number of nitrogens with one attached hydrogen (secondary N) is 1. The maximum Gasteiger partial charge on any atom is 0.294 e. The molecular formula is C34H59NO4S. The lowest BCUT2D eigenvalue weighted by atomic mass is 9.96. The molecule has 0 radical (unpaired) electrons. The SMILES string of the molecule is CCCCCCCC/C=C\CCCCCCCCCCCC(=O)NCCCc1cc(S(=O)(=O)O)c(C)c(C)c1C. The summed E-state index contributed by atoms with van der Waals surface area (Å²) < 4.78 is 32.9. The molecule has 6 heteroatoms. The highest BCUT2D eigenvalue weighted by Gasteiger charge is 2.18. The molecule has 0 bridgehead atoms. The van der Waals surface area contributed by atoms with Crippen molar-refractivity contribution in [2.45, 2.75) is 161 Å². The Hall–Kier alpha value is -1.66. The van der Waals surface area contributed by atoms with Crippen LogP contribution in [0, 0.1) is 20.8 Å². The zero-order valence-electron chi connectivity index (χ0n) is 26.2. The van der Waals surface area contributed by atoms with Crippen molar-refractivity contribution in [3.05, 3.63) is 40.5 Å². The number of amides is 1. The van der Waals surface area contributed by atoms with Gasteiger partial charge in [-0.25, -0.2) is 0 Å². The van der Waals surface area contributed by atoms with Gasteiger partial charge in [0.05, 0.1) is 4.90 Å². The van der Waals surface area contributed by atoms with E-state index in [1.54, 1.807) is 13.0 Å². The molecule has 0 atom stereocenters. The molecular weight excluding hydrogens is 518 g/mol. The average Bonchev–Trinajstić information content (AvgIpc) is 2.91. The topological polar surface area (TPSA) is 83.5 Å². The zero-order chi connectivity index (χ0) is 29.6. The molecule has 0 aliphatic carbocycles. The van der Waals surface area contributed by atoms with Gasteiger partial charge in [-0.05, 0) is 94.0 Å². The van der Waals surface area contributed by atoms with Gasteiger partial charge in [0, 0.05) is 13.0 Å². The average molecular weight is 578 g/mol. The number of allylic oxidation sites excluding steroid dienone is 2. The van der Waals surface area contributed by atoms with E-state index in [4.69, 9.17) is 0 Å². The van der Waals surface area contributed by atoms with Crippen LogP contribution in [0.3, 0.4) is 0 Å². The largest absolute Gasteiger partial charge is 0.356 e. The fourth-order valence-corrected chi connectivity index (χ4v) is 6.10. The van der Waals surface area contributed by atoms with Crippen LogP contribution >= 0.6 is 0 Å². The Morgan fingerprint density at radius 3 is 1.75 bits per heavy atom. The summed E-state index contributed by atoms with van der Waals surface area (Å²) in [5.41, 5.74) is 3.42. The first-order valence-corrected chi connectivity index (χ1v) is 17.6. The van der Waals surface area contributed by atoms with Crippen LogP contribution in [0.25, 0.3) is 0 Å². The van der Waals surface area contributed by atoms with Crippen LogP contribution in [0.1, 0.15) is 151 Å². The second-order valence-electron chi connectivity index (χ2n) is 11.6. The van der Waals surface area contributed by atoms with E-state index in [2.05, 4.69) is 24.4 Å². The number of hydrogen-bond acceptors (Lipinski definition) is 3. The van der Waals surface area contributed by atoms with Crippen LogP contribution in [0.15, 0.2) is 23.1 Å². The van der Waals surface area contributed by atoms with E-state index in [9.17, 15) is 17.8 Å². The second-order valence-corrected chi connectivity index (χ2v) is 13.0. The predicted octanol–water partition coefficient (Wildman–Crippen LogP) is 9.51. The molecule has 0 aromatic heterocycles. The van der Waals surface area contributed by atoms with Crippen molar-refractivity contribution < 1.29 is 17.8 Å². The fraction of sp³-hybridized carbons (Fsp3) is 0.735. The van der Waals surface area contributed by atoms with Gasteiger partial charge in [0.2, 0.25) is 5.91 Å². The van der Waals surface area contributed by atoms with E-state index in [1.807, 2.05) is 13.8 Å². The van der Waals surface area contributed by atoms with Gasteiger partial charge in [-0.2, -0.15) is 8.42 Å². The summed E-state index contributed by atoms with van der Waals surface area (Å²) in [5.74, 6) is 0.0939. The van der Waals surface area contributed by atoms with Crippen molar-refractivity contribution in [2.75, 3.05) is 6.54 Å². The standard InChI is InChI=1S/C34H59NO4S/c1-5-6-7-8-9-10-11-12-13-14-15-16-17-18-19-20-21-22-23-26-34(36)35-27-24-25-32-28-33(40(37,38)39)31(4)29(2)30(32)3/h12-13,28H,5-11,14-27H2,1-4H3,(H,35,36)(H,37,38,39)/b13-12-. The van der Waals surface area contributed by atoms with Gasteiger partial charge >= 0.3 is 0 Å². The van der Waals surface area contributed by atoms with Crippen molar-refractivity contribution in [3.63, 3.8) is 0 Å². The molecule has 0 fully saturated rings. The first-order chi connectivity index (χ1) is 19.2. The van der Waals surface area contributed by atoms with Gasteiger partial charge < -0.3 is 5.32 Å². The monoisotopic (exact) mass is 577 g/mol. The van der Waals surface area contributed by atoms with Crippen LogP contribution in [0.5, 0.6) is 0 Å². The first kappa shape index (κ1) is 36.4. The van der Waals surface area contributed by atoms with Crippen molar-refractivity contribution >= 4 is 16.0 Å². The molecule has 0 heterocycles. The van der Waals surface area contributed by atoms with Crippen molar-refractivity contribution in [1.82, 2.24) is 5.32 Å². The number of carbonyl (C=O) groups is 1. The highest BCUT2D eigenvalue weighted by Crippen LogP contribution is 2.26. The van der Waals surface area contributed by atoms with E-state index < -0.39 is 10.1 Å². The zero-order valence-corrected chi connectivity index (χ0v) is 27.0. The van der Waals surface area contributed by atoms with Crippen molar-refractivity contribution in [3.8, 4) is 0 Å². The third-order valence-electron chi connectivity index (χ3n) is 8.17. The normalized spacial score (nSPS) is 11.9. The molecule has 230 valence electrons. The second kappa shape index (κ2) is 22.0. The van der Waals surface area contributed by atoms with Gasteiger partial charge in [0.25, 0.3) is 10.1 Å². The minimum Gasteiger partial charge on any atom is -0.356 e. The van der Waals surface area contributed by atoms with Gasteiger partial charge in [-0.1, -0.05) is 96.1 Å².